The Morgan fingerprint density at radius 2 is 2.26 bits per heavy atom. The maximum absolute atomic E-state index is 5.58. The summed E-state index contributed by atoms with van der Waals surface area (Å²) in [7, 11) is 1.94. The molecule has 6 nitrogen and oxygen atoms in total. The van der Waals surface area contributed by atoms with Gasteiger partial charge in [0.2, 0.25) is 0 Å². The highest BCUT2D eigenvalue weighted by molar-refractivity contribution is 5.60. The van der Waals surface area contributed by atoms with Crippen LogP contribution in [0, 0.1) is 0 Å². The average molecular weight is 258 g/mol. The minimum atomic E-state index is 0.173. The van der Waals surface area contributed by atoms with Crippen LogP contribution in [0.3, 0.4) is 0 Å². The minimum absolute atomic E-state index is 0.173. The van der Waals surface area contributed by atoms with E-state index in [2.05, 4.69) is 20.3 Å². The summed E-state index contributed by atoms with van der Waals surface area (Å²) in [5.74, 6) is 1.56. The minimum Gasteiger partial charge on any atom is -0.366 e. The van der Waals surface area contributed by atoms with E-state index in [-0.39, 0.29) is 6.04 Å². The molecule has 0 amide bonds. The monoisotopic (exact) mass is 258 g/mol. The summed E-state index contributed by atoms with van der Waals surface area (Å²) < 4.78 is 0. The molecule has 0 aliphatic carbocycles. The fraction of sp³-hybridized carbons (Fsp3) is 0.308. The molecule has 2 rings (SSSR count). The second-order valence-electron chi connectivity index (χ2n) is 4.31. The van der Waals surface area contributed by atoms with Crippen molar-refractivity contribution in [3.05, 3.63) is 36.9 Å². The summed E-state index contributed by atoms with van der Waals surface area (Å²) in [5.41, 5.74) is 6.56. The Kier molecular flexibility index (Phi) is 4.25. The Morgan fingerprint density at radius 3 is 2.95 bits per heavy atom. The molecule has 0 aliphatic rings. The number of nitrogens with one attached hydrogen (secondary N) is 1. The van der Waals surface area contributed by atoms with Gasteiger partial charge in [0.15, 0.2) is 0 Å². The van der Waals surface area contributed by atoms with Crippen molar-refractivity contribution in [2.45, 2.75) is 13.0 Å². The number of hydrogen-bond donors (Lipinski definition) is 2. The van der Waals surface area contributed by atoms with Crippen LogP contribution in [0.1, 0.15) is 6.92 Å². The molecule has 0 saturated heterocycles. The van der Waals surface area contributed by atoms with Gasteiger partial charge in [-0.3, -0.25) is 4.98 Å². The van der Waals surface area contributed by atoms with Crippen LogP contribution in [0.5, 0.6) is 0 Å². The van der Waals surface area contributed by atoms with E-state index in [1.54, 1.807) is 12.4 Å². The van der Waals surface area contributed by atoms with E-state index >= 15 is 0 Å². The maximum Gasteiger partial charge on any atom is 0.138 e. The van der Waals surface area contributed by atoms with Gasteiger partial charge in [-0.1, -0.05) is 0 Å². The number of nitrogens with zero attached hydrogens (tertiary/aromatic N) is 4. The highest BCUT2D eigenvalue weighted by Crippen LogP contribution is 2.21. The third kappa shape index (κ3) is 3.38. The molecule has 100 valence electrons. The first-order chi connectivity index (χ1) is 9.20. The first kappa shape index (κ1) is 13.2. The fourth-order valence-corrected chi connectivity index (χ4v) is 1.61. The van der Waals surface area contributed by atoms with Crippen molar-refractivity contribution in [3.8, 4) is 0 Å². The van der Waals surface area contributed by atoms with E-state index in [1.165, 1.54) is 6.33 Å². The molecule has 0 aromatic carbocycles. The van der Waals surface area contributed by atoms with Gasteiger partial charge in [-0.15, -0.1) is 0 Å². The Labute approximate surface area is 112 Å². The molecule has 0 bridgehead atoms. The van der Waals surface area contributed by atoms with Crippen LogP contribution in [0.2, 0.25) is 0 Å². The molecule has 19 heavy (non-hydrogen) atoms. The Morgan fingerprint density at radius 1 is 1.42 bits per heavy atom. The highest BCUT2D eigenvalue weighted by Gasteiger charge is 2.07. The summed E-state index contributed by atoms with van der Waals surface area (Å²) in [6.45, 7) is 2.56. The molecule has 0 spiro atoms. The normalized spacial score (nSPS) is 11.9. The van der Waals surface area contributed by atoms with Crippen molar-refractivity contribution in [2.75, 3.05) is 23.8 Å². The summed E-state index contributed by atoms with van der Waals surface area (Å²) in [6, 6.07) is 5.93. The molecule has 2 heterocycles. The average Bonchev–Trinajstić information content (AvgIpc) is 2.47. The van der Waals surface area contributed by atoms with Gasteiger partial charge in [0, 0.05) is 31.9 Å². The number of pyridine rings is 1. The summed E-state index contributed by atoms with van der Waals surface area (Å²) in [4.78, 5) is 14.5. The van der Waals surface area contributed by atoms with Gasteiger partial charge in [0.1, 0.15) is 18.0 Å². The van der Waals surface area contributed by atoms with Crippen LogP contribution in [-0.4, -0.2) is 34.6 Å². The topological polar surface area (TPSA) is 80.0 Å². The highest BCUT2D eigenvalue weighted by atomic mass is 15.2. The first-order valence-corrected chi connectivity index (χ1v) is 6.13. The SMILES string of the molecule is CC(CN)Nc1cc(N(C)c2cccnc2)ncn1. The van der Waals surface area contributed by atoms with Crippen LogP contribution < -0.4 is 16.0 Å². The van der Waals surface area contributed by atoms with Crippen LogP contribution in [0.4, 0.5) is 17.3 Å². The first-order valence-electron chi connectivity index (χ1n) is 6.13. The molecule has 0 saturated carbocycles. The smallest absolute Gasteiger partial charge is 0.138 e. The van der Waals surface area contributed by atoms with E-state index in [4.69, 9.17) is 5.73 Å². The van der Waals surface area contributed by atoms with Gasteiger partial charge in [0.05, 0.1) is 11.9 Å². The summed E-state index contributed by atoms with van der Waals surface area (Å²) >= 11 is 0. The predicted molar refractivity (Wildman–Crippen MR) is 76.5 cm³/mol. The lowest BCUT2D eigenvalue weighted by Gasteiger charge is -2.19. The van der Waals surface area contributed by atoms with Gasteiger partial charge in [-0.2, -0.15) is 0 Å². The molecular formula is C13H18N6. The standard InChI is InChI=1S/C13H18N6/c1-10(7-14)18-12-6-13(17-9-16-12)19(2)11-4-3-5-15-8-11/h3-6,8-10H,7,14H2,1-2H3,(H,16,17,18). The van der Waals surface area contributed by atoms with E-state index in [9.17, 15) is 0 Å². The Balaban J connectivity index is 2.19. The zero-order chi connectivity index (χ0) is 13.7. The zero-order valence-electron chi connectivity index (χ0n) is 11.1. The van der Waals surface area contributed by atoms with Gasteiger partial charge in [-0.25, -0.2) is 9.97 Å². The summed E-state index contributed by atoms with van der Waals surface area (Å²) in [5, 5.41) is 3.22. The number of nitrogens with two attached hydrogens (primary N) is 1. The van der Waals surface area contributed by atoms with Crippen molar-refractivity contribution in [3.63, 3.8) is 0 Å². The lowest BCUT2D eigenvalue weighted by Crippen LogP contribution is -2.25. The van der Waals surface area contributed by atoms with Crippen molar-refractivity contribution in [2.24, 2.45) is 5.73 Å². The molecule has 2 aromatic rings. The number of hydrogen-bond acceptors (Lipinski definition) is 6. The quantitative estimate of drug-likeness (QED) is 0.844. The number of anilines is 3. The maximum atomic E-state index is 5.58. The molecule has 6 heteroatoms. The van der Waals surface area contributed by atoms with Gasteiger partial charge < -0.3 is 16.0 Å². The lowest BCUT2D eigenvalue weighted by molar-refractivity contribution is 0.797. The van der Waals surface area contributed by atoms with Crippen LogP contribution >= 0.6 is 0 Å². The Bertz CT molecular complexity index is 516. The second-order valence-corrected chi connectivity index (χ2v) is 4.31. The number of aromatic nitrogens is 3. The van der Waals surface area contributed by atoms with Crippen molar-refractivity contribution in [1.82, 2.24) is 15.0 Å². The van der Waals surface area contributed by atoms with Crippen molar-refractivity contribution < 1.29 is 0 Å². The molecule has 1 unspecified atom stereocenters. The van der Waals surface area contributed by atoms with Crippen molar-refractivity contribution >= 4 is 17.3 Å². The third-order valence-electron chi connectivity index (χ3n) is 2.78. The zero-order valence-corrected chi connectivity index (χ0v) is 11.1. The number of rotatable bonds is 5. The van der Waals surface area contributed by atoms with Gasteiger partial charge in [-0.05, 0) is 19.1 Å². The van der Waals surface area contributed by atoms with Gasteiger partial charge in [0.25, 0.3) is 0 Å². The molecular weight excluding hydrogens is 240 g/mol. The van der Waals surface area contributed by atoms with Crippen LogP contribution in [0.25, 0.3) is 0 Å². The molecule has 2 aromatic heterocycles. The molecule has 0 aliphatic heterocycles. The predicted octanol–water partition coefficient (Wildman–Crippen LogP) is 1.40. The second kappa shape index (κ2) is 6.10. The fourth-order valence-electron chi connectivity index (χ4n) is 1.61. The largest absolute Gasteiger partial charge is 0.366 e. The van der Waals surface area contributed by atoms with Crippen molar-refractivity contribution in [1.29, 1.82) is 0 Å². The molecule has 0 radical (unpaired) electrons. The molecule has 0 fully saturated rings. The van der Waals surface area contributed by atoms with E-state index in [0.717, 1.165) is 17.3 Å². The van der Waals surface area contributed by atoms with E-state index in [1.807, 2.05) is 37.1 Å². The van der Waals surface area contributed by atoms with Crippen LogP contribution in [0.15, 0.2) is 36.9 Å². The lowest BCUT2D eigenvalue weighted by atomic mass is 10.3. The van der Waals surface area contributed by atoms with E-state index in [0.29, 0.717) is 6.54 Å². The van der Waals surface area contributed by atoms with Crippen LogP contribution in [-0.2, 0) is 0 Å². The summed E-state index contributed by atoms with van der Waals surface area (Å²) in [6.07, 6.45) is 5.07. The molecule has 3 N–H and O–H groups in total. The van der Waals surface area contributed by atoms with E-state index < -0.39 is 0 Å². The van der Waals surface area contributed by atoms with Gasteiger partial charge >= 0.3 is 0 Å². The molecule has 1 atom stereocenters. The third-order valence-corrected chi connectivity index (χ3v) is 2.78. The Hall–Kier alpha value is -2.21.